The maximum Gasteiger partial charge on any atom is 0.488 e. The third kappa shape index (κ3) is 1.46. The smallest absolute Gasteiger partial charge is 0.423 e. The monoisotopic (exact) mass is 141 g/mol. The van der Waals surface area contributed by atoms with Crippen molar-refractivity contribution < 1.29 is 14.2 Å². The summed E-state index contributed by atoms with van der Waals surface area (Å²) in [6.07, 6.45) is -0.475. The average molecular weight is 141 g/mol. The minimum absolute atomic E-state index is 0.288. The van der Waals surface area contributed by atoms with Crippen molar-refractivity contribution in [2.45, 2.75) is 0 Å². The number of pyridine rings is 1. The Bertz CT molecular complexity index is 321. The molecule has 0 radical (unpaired) electrons. The molecule has 1 aromatic rings. The molecular weight excluding hydrogens is 131 g/mol. The van der Waals surface area contributed by atoms with Gasteiger partial charge in [-0.2, -0.15) is 0 Å². The largest absolute Gasteiger partial charge is 0.488 e. The zero-order valence-electron chi connectivity index (χ0n) is 8.00. The standard InChI is InChI=1S/C5H7BN2O2/c7-5-3-4(6(9)10)1-2-8-5/h1-3,9-10H,(H2,7,8)/i1D,2D,3D. The molecular formula is C5H7BN2O2. The van der Waals surface area contributed by atoms with Gasteiger partial charge in [0.1, 0.15) is 5.82 Å². The van der Waals surface area contributed by atoms with Gasteiger partial charge in [0.2, 0.25) is 0 Å². The van der Waals surface area contributed by atoms with Gasteiger partial charge in [0.25, 0.3) is 0 Å². The van der Waals surface area contributed by atoms with E-state index in [0.717, 1.165) is 0 Å². The van der Waals surface area contributed by atoms with Crippen LogP contribution < -0.4 is 11.2 Å². The van der Waals surface area contributed by atoms with Crippen LogP contribution in [0.1, 0.15) is 4.11 Å². The number of hydrogen-bond donors (Lipinski definition) is 3. The number of anilines is 1. The molecule has 0 unspecified atom stereocenters. The number of nitrogens with zero attached hydrogens (tertiary/aromatic N) is 1. The Labute approximate surface area is 62.7 Å². The summed E-state index contributed by atoms with van der Waals surface area (Å²) in [5.74, 6) is -0.288. The average Bonchev–Trinajstić information content (AvgIpc) is 2.01. The van der Waals surface area contributed by atoms with Crippen LogP contribution >= 0.6 is 0 Å². The van der Waals surface area contributed by atoms with E-state index >= 15 is 0 Å². The molecule has 0 saturated carbocycles. The molecule has 1 aromatic heterocycles. The molecule has 1 heterocycles. The molecule has 0 aliphatic carbocycles. The second-order valence-corrected chi connectivity index (χ2v) is 1.65. The summed E-state index contributed by atoms with van der Waals surface area (Å²) < 4.78 is 21.6. The SMILES string of the molecule is [2H]c1nc(N)c([2H])c(B(O)O)c1[2H]. The van der Waals surface area contributed by atoms with Crippen LogP contribution in [0.15, 0.2) is 18.3 Å². The first-order chi connectivity index (χ1) is 5.95. The van der Waals surface area contributed by atoms with Gasteiger partial charge in [-0.05, 0) is 17.5 Å². The fourth-order valence-corrected chi connectivity index (χ4v) is 0.475. The topological polar surface area (TPSA) is 79.4 Å². The van der Waals surface area contributed by atoms with E-state index in [2.05, 4.69) is 4.98 Å². The second kappa shape index (κ2) is 2.68. The molecule has 0 spiro atoms. The fraction of sp³-hybridized carbons (Fsp3) is 0. The highest BCUT2D eigenvalue weighted by molar-refractivity contribution is 6.58. The first-order valence-electron chi connectivity index (χ1n) is 4.04. The van der Waals surface area contributed by atoms with Crippen LogP contribution in [-0.2, 0) is 0 Å². The maximum absolute atomic E-state index is 8.78. The molecule has 4 N–H and O–H groups in total. The van der Waals surface area contributed by atoms with E-state index in [0.29, 0.717) is 0 Å². The van der Waals surface area contributed by atoms with Crippen molar-refractivity contribution in [2.75, 3.05) is 5.73 Å². The van der Waals surface area contributed by atoms with Gasteiger partial charge in [0.05, 0.1) is 4.11 Å². The minimum Gasteiger partial charge on any atom is -0.423 e. The highest BCUT2D eigenvalue weighted by Crippen LogP contribution is 1.90. The normalized spacial score (nSPS) is 13.6. The summed E-state index contributed by atoms with van der Waals surface area (Å²) in [5, 5.41) is 17.6. The first kappa shape index (κ1) is 3.95. The number of nitrogen functional groups attached to an aromatic ring is 1. The molecule has 10 heavy (non-hydrogen) atoms. The Hall–Kier alpha value is -1.07. The van der Waals surface area contributed by atoms with Crippen LogP contribution in [0, 0.1) is 0 Å². The number of rotatable bonds is 1. The van der Waals surface area contributed by atoms with Crippen LogP contribution in [-0.4, -0.2) is 22.2 Å². The molecule has 0 fully saturated rings. The molecule has 0 aliphatic rings. The Kier molecular flexibility index (Phi) is 1.06. The number of hydrogen-bond acceptors (Lipinski definition) is 4. The van der Waals surface area contributed by atoms with Gasteiger partial charge < -0.3 is 15.8 Å². The molecule has 0 aromatic carbocycles. The molecule has 1 rings (SSSR count). The van der Waals surface area contributed by atoms with Crippen molar-refractivity contribution in [3.8, 4) is 0 Å². The predicted molar refractivity (Wildman–Crippen MR) is 38.5 cm³/mol. The summed E-state index contributed by atoms with van der Waals surface area (Å²) in [5.41, 5.74) is 4.81. The molecule has 4 nitrogen and oxygen atoms in total. The molecule has 0 atom stereocenters. The maximum atomic E-state index is 8.78. The number of aromatic nitrogens is 1. The van der Waals surface area contributed by atoms with Crippen molar-refractivity contribution in [1.29, 1.82) is 0 Å². The molecule has 5 heteroatoms. The Morgan fingerprint density at radius 2 is 2.40 bits per heavy atom. The lowest BCUT2D eigenvalue weighted by Gasteiger charge is -1.97. The number of nitrogens with two attached hydrogens (primary N) is 1. The van der Waals surface area contributed by atoms with E-state index in [1.165, 1.54) is 0 Å². The van der Waals surface area contributed by atoms with Gasteiger partial charge in [-0.15, -0.1) is 0 Å². The van der Waals surface area contributed by atoms with Gasteiger partial charge in [0.15, 0.2) is 0 Å². The summed E-state index contributed by atoms with van der Waals surface area (Å²) in [7, 11) is -1.98. The predicted octanol–water partition coefficient (Wildman–Crippen LogP) is -1.66. The molecule has 52 valence electrons. The Morgan fingerprint density at radius 3 is 3.00 bits per heavy atom. The van der Waals surface area contributed by atoms with Gasteiger partial charge >= 0.3 is 7.12 Å². The lowest BCUT2D eigenvalue weighted by Crippen LogP contribution is -2.29. The van der Waals surface area contributed by atoms with Crippen LogP contribution in [0.4, 0.5) is 5.82 Å². The van der Waals surface area contributed by atoms with E-state index < -0.39 is 30.8 Å². The van der Waals surface area contributed by atoms with Crippen molar-refractivity contribution in [2.24, 2.45) is 0 Å². The van der Waals surface area contributed by atoms with Gasteiger partial charge in [-0.25, -0.2) is 4.98 Å². The zero-order chi connectivity index (χ0) is 10.2. The highest BCUT2D eigenvalue weighted by Gasteiger charge is 2.09. The van der Waals surface area contributed by atoms with Crippen molar-refractivity contribution in [3.05, 3.63) is 18.3 Å². The third-order valence-corrected chi connectivity index (χ3v) is 0.888. The quantitative estimate of drug-likeness (QED) is 0.409. The van der Waals surface area contributed by atoms with E-state index in [4.69, 9.17) is 19.9 Å². The first-order valence-corrected chi connectivity index (χ1v) is 2.54. The van der Waals surface area contributed by atoms with Gasteiger partial charge in [-0.3, -0.25) is 0 Å². The fourth-order valence-electron chi connectivity index (χ4n) is 0.475. The van der Waals surface area contributed by atoms with Crippen LogP contribution in [0.3, 0.4) is 0 Å². The van der Waals surface area contributed by atoms with Crippen molar-refractivity contribution >= 4 is 18.4 Å². The van der Waals surface area contributed by atoms with Gasteiger partial charge in [-0.1, -0.05) is 0 Å². The van der Waals surface area contributed by atoms with E-state index in [1.807, 2.05) is 0 Å². The van der Waals surface area contributed by atoms with Gasteiger partial charge in [0, 0.05) is 6.17 Å². The van der Waals surface area contributed by atoms with Crippen LogP contribution in [0.25, 0.3) is 0 Å². The van der Waals surface area contributed by atoms with Crippen molar-refractivity contribution in [3.63, 3.8) is 0 Å². The summed E-state index contributed by atoms with van der Waals surface area (Å²) in [6.45, 7) is 0. The molecule has 0 bridgehead atoms. The second-order valence-electron chi connectivity index (χ2n) is 1.65. The molecule has 0 saturated heterocycles. The molecule has 0 aliphatic heterocycles. The van der Waals surface area contributed by atoms with Crippen LogP contribution in [0.5, 0.6) is 0 Å². The van der Waals surface area contributed by atoms with E-state index in [9.17, 15) is 0 Å². The highest BCUT2D eigenvalue weighted by atomic mass is 16.4. The lowest BCUT2D eigenvalue weighted by atomic mass is 9.81. The van der Waals surface area contributed by atoms with Crippen molar-refractivity contribution in [1.82, 2.24) is 4.98 Å². The Balaban J connectivity index is 3.46. The zero-order valence-corrected chi connectivity index (χ0v) is 5.00. The van der Waals surface area contributed by atoms with E-state index in [-0.39, 0.29) is 5.82 Å². The minimum atomic E-state index is -1.98. The summed E-state index contributed by atoms with van der Waals surface area (Å²) >= 11 is 0. The third-order valence-electron chi connectivity index (χ3n) is 0.888. The summed E-state index contributed by atoms with van der Waals surface area (Å²) in [4.78, 5) is 3.36. The van der Waals surface area contributed by atoms with Crippen LogP contribution in [0.2, 0.25) is 0 Å². The summed E-state index contributed by atoms with van der Waals surface area (Å²) in [6, 6.07) is -0.912. The molecule has 0 amide bonds. The lowest BCUT2D eigenvalue weighted by molar-refractivity contribution is 0.426. The van der Waals surface area contributed by atoms with E-state index in [1.54, 1.807) is 0 Å². The Morgan fingerprint density at radius 1 is 1.70 bits per heavy atom.